The lowest BCUT2D eigenvalue weighted by Gasteiger charge is -2.38. The average Bonchev–Trinajstić information content (AvgIpc) is 3.19. The predicted octanol–water partition coefficient (Wildman–Crippen LogP) is 2.97. The molecule has 7 nitrogen and oxygen atoms in total. The number of benzene rings is 1. The van der Waals surface area contributed by atoms with E-state index in [1.165, 1.54) is 4.90 Å². The van der Waals surface area contributed by atoms with Crippen LogP contribution in [0, 0.1) is 12.3 Å². The quantitative estimate of drug-likeness (QED) is 0.688. The first-order valence-corrected chi connectivity index (χ1v) is 11.4. The van der Waals surface area contributed by atoms with Gasteiger partial charge in [0.2, 0.25) is 5.91 Å². The Morgan fingerprint density at radius 2 is 1.91 bits per heavy atom. The van der Waals surface area contributed by atoms with Crippen LogP contribution in [0.3, 0.4) is 0 Å². The highest BCUT2D eigenvalue weighted by Gasteiger charge is 2.50. The summed E-state index contributed by atoms with van der Waals surface area (Å²) in [4.78, 5) is 30.3. The molecule has 0 saturated carbocycles. The molecule has 0 aliphatic carbocycles. The summed E-state index contributed by atoms with van der Waals surface area (Å²) in [6.45, 7) is 9.27. The average molecular weight is 442 g/mol. The highest BCUT2D eigenvalue weighted by atomic mass is 16.6. The van der Waals surface area contributed by atoms with Crippen molar-refractivity contribution in [3.8, 4) is 12.3 Å². The van der Waals surface area contributed by atoms with Crippen LogP contribution in [0.5, 0.6) is 0 Å². The molecule has 174 valence electrons. The summed E-state index contributed by atoms with van der Waals surface area (Å²) in [5.41, 5.74) is -0.591. The molecular formula is C25H35N3O4. The molecule has 2 aliphatic rings. The minimum atomic E-state index is -1.08. The Morgan fingerprint density at radius 3 is 2.53 bits per heavy atom. The first-order chi connectivity index (χ1) is 15.3. The summed E-state index contributed by atoms with van der Waals surface area (Å²) in [5, 5.41) is 3.13. The molecular weight excluding hydrogens is 406 g/mol. The molecule has 1 N–H and O–H groups in total. The number of hydrogen-bond donors (Lipinski definition) is 1. The van der Waals surface area contributed by atoms with E-state index in [4.69, 9.17) is 15.9 Å². The third kappa shape index (κ3) is 5.62. The van der Waals surface area contributed by atoms with Crippen molar-refractivity contribution in [2.24, 2.45) is 0 Å². The molecule has 2 atom stereocenters. The third-order valence-corrected chi connectivity index (χ3v) is 6.05. The molecule has 7 heteroatoms. The summed E-state index contributed by atoms with van der Waals surface area (Å²) in [6.07, 6.45) is 6.55. The normalized spacial score (nSPS) is 22.8. The molecule has 0 unspecified atom stereocenters. The van der Waals surface area contributed by atoms with Crippen molar-refractivity contribution in [3.05, 3.63) is 35.9 Å². The summed E-state index contributed by atoms with van der Waals surface area (Å²) in [5.74, 6) is 2.41. The van der Waals surface area contributed by atoms with Crippen LogP contribution >= 0.6 is 0 Å². The van der Waals surface area contributed by atoms with Gasteiger partial charge in [0.25, 0.3) is 0 Å². The number of nitrogens with one attached hydrogen (secondary N) is 1. The fourth-order valence-corrected chi connectivity index (χ4v) is 4.51. The lowest BCUT2D eigenvalue weighted by atomic mass is 9.91. The zero-order chi connectivity index (χ0) is 23.2. The number of carbonyl (C=O) groups excluding carboxylic acids is 2. The fourth-order valence-electron chi connectivity index (χ4n) is 4.51. The van der Waals surface area contributed by atoms with Crippen LogP contribution in [0.25, 0.3) is 0 Å². The highest BCUT2D eigenvalue weighted by molar-refractivity contribution is 5.91. The SMILES string of the molecule is C#CC[C@@]1(C(=O)NC[C@@H](c2ccccc2)N2CCOCC2)CCCN1C(=O)OC(C)(C)C. The van der Waals surface area contributed by atoms with Gasteiger partial charge < -0.3 is 14.8 Å². The Balaban J connectivity index is 1.78. The lowest BCUT2D eigenvalue weighted by molar-refractivity contribution is -0.132. The van der Waals surface area contributed by atoms with Gasteiger partial charge in [-0.05, 0) is 39.2 Å². The van der Waals surface area contributed by atoms with E-state index in [1.54, 1.807) is 0 Å². The molecule has 2 fully saturated rings. The summed E-state index contributed by atoms with van der Waals surface area (Å²) in [6, 6.07) is 10.2. The zero-order valence-corrected chi connectivity index (χ0v) is 19.4. The molecule has 2 aliphatic heterocycles. The second-order valence-corrected chi connectivity index (χ2v) is 9.43. The van der Waals surface area contributed by atoms with Gasteiger partial charge >= 0.3 is 6.09 Å². The van der Waals surface area contributed by atoms with Crippen LogP contribution in [0.4, 0.5) is 4.79 Å². The van der Waals surface area contributed by atoms with Crippen molar-refractivity contribution in [1.29, 1.82) is 0 Å². The fraction of sp³-hybridized carbons (Fsp3) is 0.600. The Hall–Kier alpha value is -2.56. The Morgan fingerprint density at radius 1 is 1.22 bits per heavy atom. The standard InChI is InChI=1S/C25H35N3O4/c1-5-12-25(13-9-14-28(25)23(30)32-24(2,3)4)22(29)26-19-21(20-10-7-6-8-11-20)27-15-17-31-18-16-27/h1,6-8,10-11,21H,9,12-19H2,2-4H3,(H,26,29)/t21-,25-/m0/s1. The van der Waals surface area contributed by atoms with Crippen LogP contribution in [-0.2, 0) is 14.3 Å². The van der Waals surface area contributed by atoms with Gasteiger partial charge in [-0.15, -0.1) is 12.3 Å². The van der Waals surface area contributed by atoms with Gasteiger partial charge in [-0.2, -0.15) is 0 Å². The third-order valence-electron chi connectivity index (χ3n) is 6.05. The number of terminal acetylenes is 1. The number of hydrogen-bond acceptors (Lipinski definition) is 5. The van der Waals surface area contributed by atoms with Crippen LogP contribution in [-0.4, -0.2) is 72.3 Å². The second kappa shape index (κ2) is 10.4. The molecule has 0 bridgehead atoms. The number of amides is 2. The van der Waals surface area contributed by atoms with Crippen LogP contribution in [0.1, 0.15) is 51.6 Å². The lowest BCUT2D eigenvalue weighted by Crippen LogP contribution is -2.59. The molecule has 0 spiro atoms. The molecule has 32 heavy (non-hydrogen) atoms. The first kappa shape index (κ1) is 24.1. The van der Waals surface area contributed by atoms with Crippen molar-refractivity contribution in [2.45, 2.75) is 57.2 Å². The Bertz CT molecular complexity index is 824. The van der Waals surface area contributed by atoms with Gasteiger partial charge in [-0.3, -0.25) is 14.6 Å². The van der Waals surface area contributed by atoms with Gasteiger partial charge in [0.1, 0.15) is 11.1 Å². The minimum Gasteiger partial charge on any atom is -0.444 e. The minimum absolute atomic E-state index is 0.0170. The van der Waals surface area contributed by atoms with E-state index in [-0.39, 0.29) is 18.4 Å². The van der Waals surface area contributed by atoms with Gasteiger partial charge in [0, 0.05) is 32.6 Å². The first-order valence-electron chi connectivity index (χ1n) is 11.4. The second-order valence-electron chi connectivity index (χ2n) is 9.43. The van der Waals surface area contributed by atoms with E-state index in [2.05, 4.69) is 28.3 Å². The van der Waals surface area contributed by atoms with Crippen molar-refractivity contribution < 1.29 is 19.1 Å². The van der Waals surface area contributed by atoms with E-state index < -0.39 is 17.2 Å². The van der Waals surface area contributed by atoms with Gasteiger partial charge in [0.15, 0.2) is 0 Å². The van der Waals surface area contributed by atoms with E-state index in [1.807, 2.05) is 39.0 Å². The number of morpholine rings is 1. The van der Waals surface area contributed by atoms with E-state index in [9.17, 15) is 9.59 Å². The molecule has 1 aromatic rings. The highest BCUT2D eigenvalue weighted by Crippen LogP contribution is 2.34. The van der Waals surface area contributed by atoms with Crippen LogP contribution in [0.2, 0.25) is 0 Å². The van der Waals surface area contributed by atoms with E-state index in [0.717, 1.165) is 18.7 Å². The number of nitrogens with zero attached hydrogens (tertiary/aromatic N) is 2. The summed E-state index contributed by atoms with van der Waals surface area (Å²) in [7, 11) is 0. The van der Waals surface area contributed by atoms with Crippen LogP contribution in [0.15, 0.2) is 30.3 Å². The van der Waals surface area contributed by atoms with Crippen molar-refractivity contribution in [2.75, 3.05) is 39.4 Å². The number of carbonyl (C=O) groups is 2. The van der Waals surface area contributed by atoms with Gasteiger partial charge in [-0.25, -0.2) is 4.79 Å². The van der Waals surface area contributed by atoms with Crippen LogP contribution < -0.4 is 5.32 Å². The van der Waals surface area contributed by atoms with Crippen molar-refractivity contribution in [1.82, 2.24) is 15.1 Å². The Labute approximate surface area is 191 Å². The summed E-state index contributed by atoms with van der Waals surface area (Å²) >= 11 is 0. The molecule has 0 radical (unpaired) electrons. The molecule has 3 rings (SSSR count). The molecule has 1 aromatic carbocycles. The summed E-state index contributed by atoms with van der Waals surface area (Å²) < 4.78 is 11.1. The maximum atomic E-state index is 13.6. The molecule has 0 aromatic heterocycles. The zero-order valence-electron chi connectivity index (χ0n) is 19.4. The largest absolute Gasteiger partial charge is 0.444 e. The van der Waals surface area contributed by atoms with Crippen molar-refractivity contribution in [3.63, 3.8) is 0 Å². The van der Waals surface area contributed by atoms with Crippen molar-refractivity contribution >= 4 is 12.0 Å². The molecule has 2 amide bonds. The van der Waals surface area contributed by atoms with E-state index >= 15 is 0 Å². The topological polar surface area (TPSA) is 71.1 Å². The van der Waals surface area contributed by atoms with Gasteiger partial charge in [-0.1, -0.05) is 30.3 Å². The maximum absolute atomic E-state index is 13.6. The van der Waals surface area contributed by atoms with E-state index in [0.29, 0.717) is 39.1 Å². The smallest absolute Gasteiger partial charge is 0.411 e. The Kier molecular flexibility index (Phi) is 7.81. The molecule has 2 saturated heterocycles. The monoisotopic (exact) mass is 441 g/mol. The molecule has 2 heterocycles. The predicted molar refractivity (Wildman–Crippen MR) is 123 cm³/mol. The number of rotatable bonds is 6. The number of likely N-dealkylation sites (tertiary alicyclic amines) is 1. The maximum Gasteiger partial charge on any atom is 0.411 e. The number of ether oxygens (including phenoxy) is 2. The van der Waals surface area contributed by atoms with Gasteiger partial charge in [0.05, 0.1) is 19.3 Å².